The van der Waals surface area contributed by atoms with Crippen molar-refractivity contribution < 1.29 is 14.3 Å². The summed E-state index contributed by atoms with van der Waals surface area (Å²) in [6.45, 7) is 3.72. The second kappa shape index (κ2) is 9.35. The smallest absolute Gasteiger partial charge is 0.339 e. The van der Waals surface area contributed by atoms with Gasteiger partial charge in [-0.3, -0.25) is 4.79 Å². The number of hydrogen-bond donors (Lipinski definition) is 2. The quantitative estimate of drug-likeness (QED) is 0.365. The van der Waals surface area contributed by atoms with Crippen LogP contribution in [0.3, 0.4) is 0 Å². The summed E-state index contributed by atoms with van der Waals surface area (Å²) >= 11 is 1.45. The molecule has 2 aromatic heterocycles. The Morgan fingerprint density at radius 2 is 2.00 bits per heavy atom. The Morgan fingerprint density at radius 1 is 1.23 bits per heavy atom. The normalized spacial score (nSPS) is 15.7. The first-order valence-electron chi connectivity index (χ1n) is 11.5. The minimum atomic E-state index is -1.05. The molecule has 1 aliphatic rings. The fourth-order valence-corrected chi connectivity index (χ4v) is 5.76. The van der Waals surface area contributed by atoms with Gasteiger partial charge in [0, 0.05) is 10.4 Å². The van der Waals surface area contributed by atoms with E-state index in [9.17, 15) is 14.9 Å². The van der Waals surface area contributed by atoms with Crippen LogP contribution < -0.4 is 5.32 Å². The van der Waals surface area contributed by atoms with E-state index in [-0.39, 0.29) is 0 Å². The van der Waals surface area contributed by atoms with Crippen LogP contribution in [0.2, 0.25) is 0 Å². The molecule has 2 unspecified atom stereocenters. The molecule has 0 fully saturated rings. The highest BCUT2D eigenvalue weighted by molar-refractivity contribution is 7.16. The SMILES string of the molecule is CC1CCc2c(sc(NC(=O)C(C)OC(=O)c3ccccc3-c3nc4ccccc4[nH]3)c2C#N)C1. The number of hydrogen-bond acceptors (Lipinski definition) is 6. The van der Waals surface area contributed by atoms with Crippen molar-refractivity contribution in [1.29, 1.82) is 5.26 Å². The third-order valence-electron chi connectivity index (χ3n) is 6.30. The predicted octanol–water partition coefficient (Wildman–Crippen LogP) is 5.47. The number of ether oxygens (including phenoxy) is 1. The number of carbonyl (C=O) groups excluding carboxylic acids is 2. The number of rotatable bonds is 5. The summed E-state index contributed by atoms with van der Waals surface area (Å²) in [4.78, 5) is 34.9. The summed E-state index contributed by atoms with van der Waals surface area (Å²) in [6.07, 6.45) is 1.74. The number of fused-ring (bicyclic) bond motifs is 2. The molecular weight excluding hydrogens is 460 g/mol. The maximum absolute atomic E-state index is 13.0. The van der Waals surface area contributed by atoms with E-state index in [0.29, 0.717) is 33.4 Å². The van der Waals surface area contributed by atoms with Gasteiger partial charge in [0.1, 0.15) is 16.9 Å². The number of aromatic amines is 1. The Hall–Kier alpha value is -3.96. The molecule has 7 nitrogen and oxygen atoms in total. The fraction of sp³-hybridized carbons (Fsp3) is 0.259. The van der Waals surface area contributed by atoms with E-state index in [4.69, 9.17) is 4.74 Å². The fourth-order valence-electron chi connectivity index (χ4n) is 4.40. The van der Waals surface area contributed by atoms with Gasteiger partial charge in [-0.25, -0.2) is 9.78 Å². The molecule has 0 spiro atoms. The van der Waals surface area contributed by atoms with Crippen molar-refractivity contribution in [2.24, 2.45) is 5.92 Å². The summed E-state index contributed by atoms with van der Waals surface area (Å²) in [5.41, 5.74) is 4.12. The third-order valence-corrected chi connectivity index (χ3v) is 7.47. The molecule has 0 saturated heterocycles. The van der Waals surface area contributed by atoms with Crippen molar-refractivity contribution in [3.63, 3.8) is 0 Å². The summed E-state index contributed by atoms with van der Waals surface area (Å²) in [5.74, 6) is 0.0158. The van der Waals surface area contributed by atoms with Crippen molar-refractivity contribution in [3.8, 4) is 17.5 Å². The zero-order chi connectivity index (χ0) is 24.5. The highest BCUT2D eigenvalue weighted by Gasteiger charge is 2.27. The number of nitriles is 1. The molecule has 2 heterocycles. The monoisotopic (exact) mass is 484 g/mol. The topological polar surface area (TPSA) is 108 Å². The Morgan fingerprint density at radius 3 is 2.80 bits per heavy atom. The maximum Gasteiger partial charge on any atom is 0.339 e. The molecule has 2 N–H and O–H groups in total. The Labute approximate surface area is 206 Å². The van der Waals surface area contributed by atoms with Crippen LogP contribution in [0.5, 0.6) is 0 Å². The molecule has 2 atom stereocenters. The molecule has 5 rings (SSSR count). The highest BCUT2D eigenvalue weighted by atomic mass is 32.1. The van der Waals surface area contributed by atoms with Gasteiger partial charge in [0.05, 0.1) is 22.2 Å². The first-order chi connectivity index (χ1) is 16.9. The Balaban J connectivity index is 1.33. The molecular formula is C27H24N4O3S. The molecule has 8 heteroatoms. The molecule has 2 aromatic carbocycles. The van der Waals surface area contributed by atoms with Crippen molar-refractivity contribution in [2.45, 2.75) is 39.2 Å². The molecule has 1 aliphatic carbocycles. The Kier molecular flexibility index (Phi) is 6.10. The second-order valence-electron chi connectivity index (χ2n) is 8.85. The summed E-state index contributed by atoms with van der Waals surface area (Å²) < 4.78 is 5.53. The molecule has 1 amide bonds. The molecule has 0 saturated carbocycles. The van der Waals surface area contributed by atoms with Crippen LogP contribution in [0.25, 0.3) is 22.4 Å². The van der Waals surface area contributed by atoms with Gasteiger partial charge in [-0.2, -0.15) is 5.26 Å². The zero-order valence-corrected chi connectivity index (χ0v) is 20.2. The van der Waals surface area contributed by atoms with Crippen molar-refractivity contribution >= 4 is 39.2 Å². The number of para-hydroxylation sites is 2. The van der Waals surface area contributed by atoms with Crippen LogP contribution >= 0.6 is 11.3 Å². The average Bonchev–Trinajstić information content (AvgIpc) is 3.44. The van der Waals surface area contributed by atoms with E-state index >= 15 is 0 Å². The van der Waals surface area contributed by atoms with Crippen LogP contribution in [0.1, 0.15) is 46.6 Å². The van der Waals surface area contributed by atoms with Gasteiger partial charge in [-0.05, 0) is 55.9 Å². The third kappa shape index (κ3) is 4.43. The van der Waals surface area contributed by atoms with E-state index in [0.717, 1.165) is 40.7 Å². The first kappa shape index (κ1) is 22.8. The van der Waals surface area contributed by atoms with Gasteiger partial charge < -0.3 is 15.0 Å². The largest absolute Gasteiger partial charge is 0.449 e. The lowest BCUT2D eigenvalue weighted by Gasteiger charge is -2.17. The minimum Gasteiger partial charge on any atom is -0.449 e. The van der Waals surface area contributed by atoms with E-state index in [1.54, 1.807) is 18.2 Å². The molecule has 4 aromatic rings. The van der Waals surface area contributed by atoms with Crippen LogP contribution in [0.4, 0.5) is 5.00 Å². The van der Waals surface area contributed by atoms with Gasteiger partial charge >= 0.3 is 5.97 Å². The number of aromatic nitrogens is 2. The number of anilines is 1. The number of carbonyl (C=O) groups is 2. The zero-order valence-electron chi connectivity index (χ0n) is 19.4. The van der Waals surface area contributed by atoms with E-state index in [1.807, 2.05) is 30.3 Å². The average molecular weight is 485 g/mol. The van der Waals surface area contributed by atoms with Crippen molar-refractivity contribution in [2.75, 3.05) is 5.32 Å². The number of esters is 1. The molecule has 0 aliphatic heterocycles. The second-order valence-corrected chi connectivity index (χ2v) is 9.96. The van der Waals surface area contributed by atoms with Crippen molar-refractivity contribution in [3.05, 3.63) is 70.1 Å². The lowest BCUT2D eigenvalue weighted by Crippen LogP contribution is -2.30. The summed E-state index contributed by atoms with van der Waals surface area (Å²) in [6, 6.07) is 16.9. The van der Waals surface area contributed by atoms with Crippen LogP contribution in [-0.2, 0) is 22.4 Å². The summed E-state index contributed by atoms with van der Waals surface area (Å²) in [7, 11) is 0. The number of thiophene rings is 1. The number of amides is 1. The Bertz CT molecular complexity index is 1450. The lowest BCUT2D eigenvalue weighted by atomic mass is 9.88. The molecule has 176 valence electrons. The maximum atomic E-state index is 13.0. The summed E-state index contributed by atoms with van der Waals surface area (Å²) in [5, 5.41) is 13.0. The first-order valence-corrected chi connectivity index (χ1v) is 12.4. The minimum absolute atomic E-state index is 0.310. The van der Waals surface area contributed by atoms with Gasteiger partial charge in [-0.1, -0.05) is 37.3 Å². The standard InChI is InChI=1S/C27H24N4O3S/c1-15-11-12-17-20(14-28)26(35-23(17)13-15)31-25(32)16(2)34-27(33)19-8-4-3-7-18(19)24-29-21-9-5-6-10-22(21)30-24/h3-10,15-16H,11-13H2,1-2H3,(H,29,30)(H,31,32). The van der Waals surface area contributed by atoms with Gasteiger partial charge in [0.25, 0.3) is 5.91 Å². The number of imidazole rings is 1. The lowest BCUT2D eigenvalue weighted by molar-refractivity contribution is -0.123. The van der Waals surface area contributed by atoms with Crippen LogP contribution in [0.15, 0.2) is 48.5 Å². The van der Waals surface area contributed by atoms with E-state index in [2.05, 4.69) is 28.3 Å². The number of nitrogens with one attached hydrogen (secondary N) is 2. The molecule has 35 heavy (non-hydrogen) atoms. The van der Waals surface area contributed by atoms with Gasteiger partial charge in [0.15, 0.2) is 6.10 Å². The predicted molar refractivity (Wildman–Crippen MR) is 135 cm³/mol. The van der Waals surface area contributed by atoms with E-state index < -0.39 is 18.0 Å². The molecule has 0 radical (unpaired) electrons. The van der Waals surface area contributed by atoms with Crippen LogP contribution in [0, 0.1) is 17.2 Å². The number of nitrogens with zero attached hydrogens (tertiary/aromatic N) is 2. The van der Waals surface area contributed by atoms with E-state index in [1.165, 1.54) is 18.3 Å². The van der Waals surface area contributed by atoms with Crippen LogP contribution in [-0.4, -0.2) is 27.9 Å². The number of H-pyrrole nitrogens is 1. The highest BCUT2D eigenvalue weighted by Crippen LogP contribution is 2.39. The molecule has 0 bridgehead atoms. The van der Waals surface area contributed by atoms with Gasteiger partial charge in [0.2, 0.25) is 0 Å². The van der Waals surface area contributed by atoms with Gasteiger partial charge in [-0.15, -0.1) is 11.3 Å². The number of benzene rings is 2. The van der Waals surface area contributed by atoms with Crippen molar-refractivity contribution in [1.82, 2.24) is 9.97 Å².